The largest absolute Gasteiger partial charge is 0.388 e. The first-order chi connectivity index (χ1) is 16.8. The molecule has 1 aliphatic rings. The number of hydrogen-bond acceptors (Lipinski definition) is 7. The van der Waals surface area contributed by atoms with E-state index in [0.29, 0.717) is 46.1 Å². The van der Waals surface area contributed by atoms with Gasteiger partial charge in [-0.25, -0.2) is 9.97 Å². The van der Waals surface area contributed by atoms with Crippen LogP contribution in [0.3, 0.4) is 0 Å². The Morgan fingerprint density at radius 2 is 2.17 bits per heavy atom. The first kappa shape index (κ1) is 25.6. The standard InChI is InChI=1S/C19H21ClN6O.C5H6N2O/c1-4-10(2)25-19(27)13-8-23-18-17(13)26-15(9-24-18)16(21)12-6-5-11(20)7-14(12)22-3;6-1-5-2-7(3-5)4-8/h5-10,21-22H,4H2,1-3H3,(H,23,24)(H,25,27);4-5H,2-3H2/t10-;/m0./s1. The van der Waals surface area contributed by atoms with Gasteiger partial charge in [-0.15, -0.1) is 0 Å². The van der Waals surface area contributed by atoms with E-state index in [1.807, 2.05) is 13.8 Å². The normalized spacial score (nSPS) is 13.6. The van der Waals surface area contributed by atoms with Crippen molar-refractivity contribution in [1.29, 1.82) is 10.7 Å². The highest BCUT2D eigenvalue weighted by atomic mass is 35.5. The number of anilines is 1. The van der Waals surface area contributed by atoms with Gasteiger partial charge in [-0.1, -0.05) is 18.5 Å². The molecule has 2 aromatic heterocycles. The van der Waals surface area contributed by atoms with E-state index >= 15 is 0 Å². The number of fused-ring (bicyclic) bond motifs is 1. The van der Waals surface area contributed by atoms with Crippen LogP contribution >= 0.6 is 11.6 Å². The number of halogens is 1. The smallest absolute Gasteiger partial charge is 0.255 e. The number of benzene rings is 1. The van der Waals surface area contributed by atoms with Crippen LogP contribution in [0.25, 0.3) is 11.2 Å². The highest BCUT2D eigenvalue weighted by Gasteiger charge is 2.24. The van der Waals surface area contributed by atoms with Gasteiger partial charge in [0.05, 0.1) is 29.5 Å². The van der Waals surface area contributed by atoms with Gasteiger partial charge in [-0.3, -0.25) is 15.0 Å². The fraction of sp³-hybridized carbons (Fsp3) is 0.333. The Hall–Kier alpha value is -3.97. The molecule has 1 saturated heterocycles. The number of aromatic nitrogens is 3. The number of carbonyl (C=O) groups excluding carboxylic acids is 2. The molecule has 10 nitrogen and oxygen atoms in total. The Morgan fingerprint density at radius 3 is 2.80 bits per heavy atom. The van der Waals surface area contributed by atoms with E-state index in [4.69, 9.17) is 22.3 Å². The summed E-state index contributed by atoms with van der Waals surface area (Å²) >= 11 is 6.03. The minimum absolute atomic E-state index is 0.0594. The molecule has 182 valence electrons. The van der Waals surface area contributed by atoms with Gasteiger partial charge in [0, 0.05) is 48.6 Å². The number of nitriles is 1. The fourth-order valence-corrected chi connectivity index (χ4v) is 3.52. The Kier molecular flexibility index (Phi) is 8.39. The second-order valence-electron chi connectivity index (χ2n) is 8.14. The number of rotatable bonds is 7. The average Bonchev–Trinajstić information content (AvgIpc) is 3.27. The second kappa shape index (κ2) is 11.4. The van der Waals surface area contributed by atoms with Gasteiger partial charge < -0.3 is 20.5 Å². The minimum atomic E-state index is -0.212. The van der Waals surface area contributed by atoms with E-state index in [1.54, 1.807) is 36.3 Å². The van der Waals surface area contributed by atoms with Crippen molar-refractivity contribution in [1.82, 2.24) is 25.2 Å². The Labute approximate surface area is 208 Å². The summed E-state index contributed by atoms with van der Waals surface area (Å²) in [4.78, 5) is 35.7. The molecule has 2 amide bonds. The first-order valence-corrected chi connectivity index (χ1v) is 11.5. The molecule has 1 aromatic carbocycles. The maximum absolute atomic E-state index is 12.5. The van der Waals surface area contributed by atoms with E-state index in [-0.39, 0.29) is 23.6 Å². The van der Waals surface area contributed by atoms with Gasteiger partial charge in [-0.2, -0.15) is 5.26 Å². The molecule has 1 atom stereocenters. The number of hydrogen-bond donors (Lipinski definition) is 4. The molecule has 11 heteroatoms. The zero-order chi connectivity index (χ0) is 25.5. The van der Waals surface area contributed by atoms with E-state index in [1.165, 1.54) is 6.20 Å². The van der Waals surface area contributed by atoms with Gasteiger partial charge in [-0.05, 0) is 31.5 Å². The highest BCUT2D eigenvalue weighted by Crippen LogP contribution is 2.24. The van der Waals surface area contributed by atoms with E-state index in [2.05, 4.69) is 31.7 Å². The van der Waals surface area contributed by atoms with Crippen molar-refractivity contribution >= 4 is 46.5 Å². The third kappa shape index (κ3) is 5.94. The van der Waals surface area contributed by atoms with E-state index in [0.717, 1.165) is 18.5 Å². The zero-order valence-corrected chi connectivity index (χ0v) is 20.5. The van der Waals surface area contributed by atoms with Crippen molar-refractivity contribution in [3.8, 4) is 6.07 Å². The van der Waals surface area contributed by atoms with Crippen LogP contribution in [-0.4, -0.2) is 64.1 Å². The van der Waals surface area contributed by atoms with E-state index < -0.39 is 0 Å². The maximum Gasteiger partial charge on any atom is 0.255 e. The lowest BCUT2D eigenvalue weighted by Gasteiger charge is -2.31. The van der Waals surface area contributed by atoms with Crippen molar-refractivity contribution in [2.45, 2.75) is 26.3 Å². The van der Waals surface area contributed by atoms with Crippen molar-refractivity contribution in [2.75, 3.05) is 25.5 Å². The predicted molar refractivity (Wildman–Crippen MR) is 135 cm³/mol. The third-order valence-corrected chi connectivity index (χ3v) is 5.87. The lowest BCUT2D eigenvalue weighted by molar-refractivity contribution is -0.122. The molecule has 0 spiro atoms. The van der Waals surface area contributed by atoms with Crippen LogP contribution in [0.5, 0.6) is 0 Å². The molecule has 0 radical (unpaired) electrons. The molecular weight excluding hydrogens is 468 g/mol. The summed E-state index contributed by atoms with van der Waals surface area (Å²) in [6.45, 7) is 5.20. The monoisotopic (exact) mass is 494 g/mol. The van der Waals surface area contributed by atoms with Crippen LogP contribution in [0.4, 0.5) is 5.69 Å². The lowest BCUT2D eigenvalue weighted by atomic mass is 10.0. The molecule has 3 heterocycles. The molecule has 1 fully saturated rings. The Bertz CT molecular complexity index is 1280. The fourth-order valence-electron chi connectivity index (χ4n) is 3.35. The maximum atomic E-state index is 12.5. The molecule has 0 saturated carbocycles. The van der Waals surface area contributed by atoms with Crippen molar-refractivity contribution in [2.24, 2.45) is 5.92 Å². The SMILES string of the molecule is CC[C@H](C)NC(=O)c1c[nH]c2ncc(C(=N)c3ccc(Cl)cc3NC)nc12.N#CC1CN(C=O)C1. The van der Waals surface area contributed by atoms with Crippen molar-refractivity contribution in [3.63, 3.8) is 0 Å². The van der Waals surface area contributed by atoms with Crippen LogP contribution in [0.15, 0.2) is 30.6 Å². The number of amides is 2. The summed E-state index contributed by atoms with van der Waals surface area (Å²) in [5, 5.41) is 23.3. The molecular formula is C24H27ClN8O2. The van der Waals surface area contributed by atoms with Gasteiger partial charge in [0.25, 0.3) is 5.91 Å². The van der Waals surface area contributed by atoms with Crippen molar-refractivity contribution < 1.29 is 9.59 Å². The number of nitrogens with one attached hydrogen (secondary N) is 4. The first-order valence-electron chi connectivity index (χ1n) is 11.1. The number of nitrogens with zero attached hydrogens (tertiary/aromatic N) is 4. The van der Waals surface area contributed by atoms with Crippen LogP contribution < -0.4 is 10.6 Å². The van der Waals surface area contributed by atoms with E-state index in [9.17, 15) is 9.59 Å². The third-order valence-electron chi connectivity index (χ3n) is 5.63. The topological polar surface area (TPSA) is 151 Å². The molecule has 0 bridgehead atoms. The van der Waals surface area contributed by atoms with Gasteiger partial charge in [0.1, 0.15) is 11.2 Å². The van der Waals surface area contributed by atoms with Gasteiger partial charge in [0.2, 0.25) is 6.41 Å². The van der Waals surface area contributed by atoms with Crippen LogP contribution in [-0.2, 0) is 4.79 Å². The Balaban J connectivity index is 0.000000363. The summed E-state index contributed by atoms with van der Waals surface area (Å²) < 4.78 is 0. The summed E-state index contributed by atoms with van der Waals surface area (Å²) in [7, 11) is 1.76. The predicted octanol–water partition coefficient (Wildman–Crippen LogP) is 3.20. The molecule has 3 aromatic rings. The summed E-state index contributed by atoms with van der Waals surface area (Å²) in [5.74, 6) is -0.115. The second-order valence-corrected chi connectivity index (χ2v) is 8.57. The zero-order valence-electron chi connectivity index (χ0n) is 19.7. The van der Waals surface area contributed by atoms with Crippen molar-refractivity contribution in [3.05, 3.63) is 52.4 Å². The molecule has 0 aliphatic carbocycles. The molecule has 4 rings (SSSR count). The quantitative estimate of drug-likeness (QED) is 0.292. The average molecular weight is 495 g/mol. The minimum Gasteiger partial charge on any atom is -0.388 e. The van der Waals surface area contributed by atoms with Gasteiger partial charge in [0.15, 0.2) is 5.65 Å². The van der Waals surface area contributed by atoms with Crippen LogP contribution in [0.2, 0.25) is 5.02 Å². The van der Waals surface area contributed by atoms with Crippen LogP contribution in [0, 0.1) is 22.7 Å². The number of likely N-dealkylation sites (tertiary alicyclic amines) is 1. The summed E-state index contributed by atoms with van der Waals surface area (Å²) in [6, 6.07) is 7.35. The highest BCUT2D eigenvalue weighted by molar-refractivity contribution is 6.31. The lowest BCUT2D eigenvalue weighted by Crippen LogP contribution is -2.44. The Morgan fingerprint density at radius 1 is 1.43 bits per heavy atom. The molecule has 1 aliphatic heterocycles. The summed E-state index contributed by atoms with van der Waals surface area (Å²) in [5.41, 5.74) is 3.30. The number of carbonyl (C=O) groups is 2. The summed E-state index contributed by atoms with van der Waals surface area (Å²) in [6.07, 6.45) is 4.72. The number of aromatic amines is 1. The van der Waals surface area contributed by atoms with Gasteiger partial charge >= 0.3 is 0 Å². The van der Waals surface area contributed by atoms with Crippen LogP contribution in [0.1, 0.15) is 41.9 Å². The molecule has 0 unspecified atom stereocenters. The molecule has 35 heavy (non-hydrogen) atoms. The number of H-pyrrole nitrogens is 1. The molecule has 4 N–H and O–H groups in total.